The summed E-state index contributed by atoms with van der Waals surface area (Å²) in [6.07, 6.45) is 8.31. The van der Waals surface area contributed by atoms with E-state index in [1.165, 1.54) is 14.2 Å². The molecule has 0 radical (unpaired) electrons. The molecule has 2 unspecified atom stereocenters. The summed E-state index contributed by atoms with van der Waals surface area (Å²) >= 11 is 6.14. The van der Waals surface area contributed by atoms with Crippen molar-refractivity contribution in [2.75, 3.05) is 85.0 Å². The van der Waals surface area contributed by atoms with Crippen LogP contribution in [0.5, 0.6) is 0 Å². The normalized spacial score (nSPS) is 23.5. The molecule has 4 fully saturated rings. The number of hydrogen-bond acceptors (Lipinski definition) is 18. The molecule has 4 aliphatic heterocycles. The molecule has 2 aliphatic carbocycles. The summed E-state index contributed by atoms with van der Waals surface area (Å²) < 4.78 is 11.5. The molecule has 0 bridgehead atoms. The van der Waals surface area contributed by atoms with Gasteiger partial charge in [0.2, 0.25) is 47.0 Å². The number of ether oxygens (including phenoxy) is 2. The van der Waals surface area contributed by atoms with E-state index in [0.717, 1.165) is 16.6 Å². The van der Waals surface area contributed by atoms with Crippen LogP contribution < -0.4 is 21.3 Å². The minimum atomic E-state index is -1.72. The van der Waals surface area contributed by atoms with Gasteiger partial charge in [-0.3, -0.25) is 52.9 Å². The minimum Gasteiger partial charge on any atom is -0.383 e. The van der Waals surface area contributed by atoms with Gasteiger partial charge in [-0.15, -0.1) is 0 Å². The summed E-state index contributed by atoms with van der Waals surface area (Å²) in [7, 11) is 2.74. The maximum Gasteiger partial charge on any atom is 0.242 e. The van der Waals surface area contributed by atoms with E-state index in [-0.39, 0.29) is 123 Å². The maximum absolute atomic E-state index is 13.7. The predicted octanol–water partition coefficient (Wildman–Crippen LogP) is 5.97. The average Bonchev–Trinajstić information content (AvgIpc) is 0.705. The van der Waals surface area contributed by atoms with Gasteiger partial charge < -0.3 is 45.4 Å². The molecule has 6 amide bonds. The van der Waals surface area contributed by atoms with Gasteiger partial charge in [0.25, 0.3) is 0 Å². The van der Waals surface area contributed by atoms with Crippen LogP contribution in [0.25, 0.3) is 10.9 Å². The second-order valence-electron chi connectivity index (χ2n) is 26.6. The molecule has 2 spiro atoms. The molecule has 6 aliphatic rings. The lowest BCUT2D eigenvalue weighted by Gasteiger charge is -2.55. The molecule has 2 aromatic rings. The SMILES string of the molecule is COC12OOC3(C=C1C(=O)C(C)(C)C(=O)C2(C)C)CCN(C(=O)CCC(=O)NCCCCN(CCCCNC(=O)CCC(=O)N1CCC2(C=C4C(=O)C(C)(C)C(=O)C(C)(C)C4(OC)OO2)CC1)C(=O)CCC(=O)NCCNc1ccnc2cc(Cl)ccc12)CC3. The highest BCUT2D eigenvalue weighted by Crippen LogP contribution is 2.57. The van der Waals surface area contributed by atoms with Gasteiger partial charge >= 0.3 is 0 Å². The predicted molar refractivity (Wildman–Crippen MR) is 329 cm³/mol. The van der Waals surface area contributed by atoms with Crippen LogP contribution in [0.3, 0.4) is 0 Å². The number of anilines is 1. The van der Waals surface area contributed by atoms with Crippen LogP contribution in [0.4, 0.5) is 5.69 Å². The highest BCUT2D eigenvalue weighted by atomic mass is 35.5. The Morgan fingerprint density at radius 1 is 0.567 bits per heavy atom. The number of unbranched alkanes of at least 4 members (excludes halogenated alkanes) is 2. The quantitative estimate of drug-likeness (QED) is 0.0506. The number of methoxy groups -OCH3 is 2. The number of carbonyl (C=O) groups is 10. The first-order chi connectivity index (χ1) is 42.4. The van der Waals surface area contributed by atoms with Gasteiger partial charge in [-0.2, -0.15) is 9.78 Å². The number of nitrogens with one attached hydrogen (secondary N) is 4. The Bertz CT molecular complexity index is 3050. The van der Waals surface area contributed by atoms with E-state index in [1.807, 2.05) is 12.1 Å². The van der Waals surface area contributed by atoms with Crippen molar-refractivity contribution in [3.8, 4) is 0 Å². The van der Waals surface area contributed by atoms with E-state index >= 15 is 0 Å². The number of carbonyl (C=O) groups excluding carboxylic acids is 10. The fraction of sp³-hybridized carbons (Fsp3) is 0.646. The molecule has 492 valence electrons. The molecule has 1 aromatic heterocycles. The molecule has 1 aromatic carbocycles. The summed E-state index contributed by atoms with van der Waals surface area (Å²) in [6, 6.07) is 7.27. The molecule has 2 atom stereocenters. The second-order valence-corrected chi connectivity index (χ2v) is 27.0. The number of piperidine rings is 2. The monoisotopic (exact) mass is 1270 g/mol. The zero-order chi connectivity index (χ0) is 65.7. The summed E-state index contributed by atoms with van der Waals surface area (Å²) in [5, 5.41) is 13.4. The molecule has 90 heavy (non-hydrogen) atoms. The lowest BCUT2D eigenvalue weighted by molar-refractivity contribution is -0.473. The fourth-order valence-electron chi connectivity index (χ4n) is 13.5. The van der Waals surface area contributed by atoms with Crippen LogP contribution in [-0.2, 0) is 77.0 Å². The Morgan fingerprint density at radius 3 is 1.44 bits per heavy atom. The molecule has 4 N–H and O–H groups in total. The van der Waals surface area contributed by atoms with Crippen molar-refractivity contribution >= 4 is 86.8 Å². The van der Waals surface area contributed by atoms with Crippen LogP contribution in [0.1, 0.15) is 145 Å². The number of likely N-dealkylation sites (tertiary alicyclic amines) is 2. The van der Waals surface area contributed by atoms with Gasteiger partial charge in [-0.1, -0.05) is 11.6 Å². The van der Waals surface area contributed by atoms with Gasteiger partial charge in [-0.25, -0.2) is 9.78 Å². The van der Waals surface area contributed by atoms with Crippen LogP contribution in [-0.4, -0.2) is 181 Å². The maximum atomic E-state index is 13.7. The van der Waals surface area contributed by atoms with E-state index in [4.69, 9.17) is 40.6 Å². The van der Waals surface area contributed by atoms with Gasteiger partial charge in [0.1, 0.15) is 11.2 Å². The number of pyridine rings is 1. The van der Waals surface area contributed by atoms with Crippen molar-refractivity contribution in [2.45, 2.75) is 168 Å². The van der Waals surface area contributed by atoms with E-state index < -0.39 is 56.0 Å². The highest BCUT2D eigenvalue weighted by Gasteiger charge is 2.70. The Kier molecular flexibility index (Phi) is 21.4. The van der Waals surface area contributed by atoms with Crippen molar-refractivity contribution in [1.82, 2.24) is 35.6 Å². The Hall–Kier alpha value is -6.54. The number of amides is 6. The first-order valence-electron chi connectivity index (χ1n) is 31.4. The number of fused-ring (bicyclic) bond motifs is 3. The number of hydrogen-bond donors (Lipinski definition) is 4. The molecule has 5 heterocycles. The van der Waals surface area contributed by atoms with E-state index in [0.29, 0.717) is 95.7 Å². The first-order valence-corrected chi connectivity index (χ1v) is 31.7. The number of ketones is 4. The van der Waals surface area contributed by atoms with E-state index in [9.17, 15) is 47.9 Å². The van der Waals surface area contributed by atoms with Crippen molar-refractivity contribution in [2.24, 2.45) is 21.7 Å². The lowest BCUT2D eigenvalue weighted by Crippen LogP contribution is -2.68. The van der Waals surface area contributed by atoms with Gasteiger partial charge in [0, 0.05) is 166 Å². The van der Waals surface area contributed by atoms with Gasteiger partial charge in [0.15, 0.2) is 23.1 Å². The zero-order valence-electron chi connectivity index (χ0n) is 53.7. The van der Waals surface area contributed by atoms with Crippen molar-refractivity contribution in [3.05, 3.63) is 58.8 Å². The molecule has 24 nitrogen and oxygen atoms in total. The first kappa shape index (κ1) is 69.4. The summed E-state index contributed by atoms with van der Waals surface area (Å²) in [6.45, 7) is 16.3. The standard InChI is InChI=1S/C65H89ClN8O16/c1-58(2)54(81)44-40-62(87-89-64(44,85-9)60(5,6)56(58)83)24-35-73(36-25-62)52(79)21-17-48(75)69-28-11-13-33-72(51(78)20-19-50(77)71-32-31-68-46-23-30-67-47-39-42(66)15-16-43(46)47)34-14-12-29-70-49(76)18-22-53(80)74-37-26-63(27-38-74)41-45-55(82)59(3,4)57(84)61(7,8)65(45,86-10)90-88-63/h15-16,23,30,39-41H,11-14,17-22,24-29,31-38H2,1-10H3,(H,67,68)(H,69,75)(H,70,76)(H,71,77). The van der Waals surface area contributed by atoms with Crippen molar-refractivity contribution in [3.63, 3.8) is 0 Å². The molecular weight excluding hydrogens is 1180 g/mol. The molecule has 2 saturated heterocycles. The third-order valence-electron chi connectivity index (χ3n) is 19.1. The summed E-state index contributed by atoms with van der Waals surface area (Å²) in [5.74, 6) is -6.42. The van der Waals surface area contributed by atoms with Gasteiger partial charge in [0.05, 0.1) is 38.3 Å². The number of benzene rings is 1. The van der Waals surface area contributed by atoms with E-state index in [2.05, 4.69) is 26.3 Å². The molecular formula is C65H89ClN8O16. The van der Waals surface area contributed by atoms with E-state index in [1.54, 1.807) is 101 Å². The Labute approximate surface area is 530 Å². The third kappa shape index (κ3) is 13.9. The number of Topliss-reactive ketones (excluding diaryl/α,β-unsaturated/α-hetero) is 4. The third-order valence-corrected chi connectivity index (χ3v) is 19.3. The minimum absolute atomic E-state index is 0.0207. The molecule has 2 saturated carbocycles. The van der Waals surface area contributed by atoms with Crippen molar-refractivity contribution in [1.29, 1.82) is 0 Å². The zero-order valence-corrected chi connectivity index (χ0v) is 54.5. The van der Waals surface area contributed by atoms with Crippen LogP contribution in [0, 0.1) is 21.7 Å². The number of rotatable bonds is 25. The Morgan fingerprint density at radius 2 is 1.00 bits per heavy atom. The number of aromatic nitrogens is 1. The number of nitrogens with zero attached hydrogens (tertiary/aromatic N) is 4. The summed E-state index contributed by atoms with van der Waals surface area (Å²) in [4.78, 5) is 167. The highest BCUT2D eigenvalue weighted by molar-refractivity contribution is 6.31. The topological polar surface area (TPSA) is 297 Å². The Balaban J connectivity index is 0.756. The van der Waals surface area contributed by atoms with Crippen LogP contribution in [0.2, 0.25) is 5.02 Å². The summed E-state index contributed by atoms with van der Waals surface area (Å²) in [5.41, 5.74) is -5.12. The largest absolute Gasteiger partial charge is 0.383 e. The van der Waals surface area contributed by atoms with Crippen LogP contribution >= 0.6 is 11.6 Å². The molecule has 25 heteroatoms. The smallest absolute Gasteiger partial charge is 0.242 e. The molecule has 8 rings (SSSR count). The van der Waals surface area contributed by atoms with Crippen molar-refractivity contribution < 1.29 is 77.0 Å². The van der Waals surface area contributed by atoms with Crippen LogP contribution in [0.15, 0.2) is 53.8 Å². The number of halogens is 1. The average molecular weight is 1270 g/mol. The lowest BCUT2D eigenvalue weighted by atomic mass is 9.57. The fourth-order valence-corrected chi connectivity index (χ4v) is 13.6. The second kappa shape index (κ2) is 27.7. The van der Waals surface area contributed by atoms with Gasteiger partial charge in [-0.05, 0) is 117 Å².